The van der Waals surface area contributed by atoms with Crippen molar-refractivity contribution >= 4 is 33.5 Å². The molecular formula is C19H16ClN3O2. The van der Waals surface area contributed by atoms with Gasteiger partial charge in [0.15, 0.2) is 0 Å². The maximum Gasteiger partial charge on any atom is 0.202 e. The average molecular weight is 354 g/mol. The fourth-order valence-electron chi connectivity index (χ4n) is 2.43. The van der Waals surface area contributed by atoms with Gasteiger partial charge in [0.1, 0.15) is 34.0 Å². The first-order chi connectivity index (χ1) is 12.2. The molecule has 0 aliphatic carbocycles. The van der Waals surface area contributed by atoms with E-state index in [0.29, 0.717) is 28.0 Å². The van der Waals surface area contributed by atoms with Crippen LogP contribution in [0.4, 0.5) is 0 Å². The Bertz CT molecular complexity index is 1080. The van der Waals surface area contributed by atoms with Crippen LogP contribution >= 0.6 is 11.6 Å². The molecule has 4 rings (SSSR count). The van der Waals surface area contributed by atoms with Crippen molar-refractivity contribution < 1.29 is 4.74 Å². The number of nitrogens with zero attached hydrogens (tertiary/aromatic N) is 2. The number of pyridine rings is 1. The summed E-state index contributed by atoms with van der Waals surface area (Å²) in [6, 6.07) is 14.6. The maximum atomic E-state index is 12.7. The molecule has 0 bridgehead atoms. The Morgan fingerprint density at radius 2 is 1.76 bits per heavy atom. The number of para-hydroxylation sites is 1. The second kappa shape index (κ2) is 7.32. The first-order valence-electron chi connectivity index (χ1n) is 7.91. The van der Waals surface area contributed by atoms with E-state index in [1.165, 1.54) is 6.33 Å². The summed E-state index contributed by atoms with van der Waals surface area (Å²) in [6.45, 7) is 4.00. The van der Waals surface area contributed by atoms with Gasteiger partial charge in [0.25, 0.3) is 0 Å². The van der Waals surface area contributed by atoms with Crippen molar-refractivity contribution in [2.75, 3.05) is 0 Å². The molecule has 0 saturated carbocycles. The molecule has 25 heavy (non-hydrogen) atoms. The lowest BCUT2D eigenvalue weighted by Gasteiger charge is -2.07. The van der Waals surface area contributed by atoms with Crippen LogP contribution < -0.4 is 10.2 Å². The average Bonchev–Trinajstić information content (AvgIpc) is 2.65. The van der Waals surface area contributed by atoms with Crippen molar-refractivity contribution in [3.8, 4) is 11.5 Å². The Labute approximate surface area is 149 Å². The smallest absolute Gasteiger partial charge is 0.202 e. The van der Waals surface area contributed by atoms with E-state index in [9.17, 15) is 4.79 Å². The fraction of sp³-hybridized carbons (Fsp3) is 0.105. The minimum absolute atomic E-state index is 0.132. The number of fused-ring (bicyclic) bond motifs is 2. The molecule has 2 heterocycles. The Morgan fingerprint density at radius 3 is 2.52 bits per heavy atom. The molecule has 6 heteroatoms. The van der Waals surface area contributed by atoms with Gasteiger partial charge in [-0.3, -0.25) is 4.79 Å². The van der Waals surface area contributed by atoms with E-state index in [1.807, 2.05) is 44.2 Å². The zero-order chi connectivity index (χ0) is 17.8. The van der Waals surface area contributed by atoms with E-state index in [4.69, 9.17) is 16.3 Å². The molecule has 2 aromatic carbocycles. The van der Waals surface area contributed by atoms with Gasteiger partial charge >= 0.3 is 0 Å². The number of aromatic nitrogens is 3. The molecule has 2 aromatic heterocycles. The number of H-pyrrole nitrogens is 1. The molecule has 126 valence electrons. The SMILES string of the molecule is CC.O=c1c2cc(Oc3ccccc3)ccc2[nH]c2ncnc(Cl)c12. The summed E-state index contributed by atoms with van der Waals surface area (Å²) in [6.07, 6.45) is 1.32. The number of nitrogens with one attached hydrogen (secondary N) is 1. The topological polar surface area (TPSA) is 67.9 Å². The highest BCUT2D eigenvalue weighted by Crippen LogP contribution is 2.25. The molecular weight excluding hydrogens is 338 g/mol. The van der Waals surface area contributed by atoms with Gasteiger partial charge in [-0.15, -0.1) is 0 Å². The van der Waals surface area contributed by atoms with E-state index in [1.54, 1.807) is 18.2 Å². The molecule has 1 N–H and O–H groups in total. The van der Waals surface area contributed by atoms with Crippen molar-refractivity contribution in [3.63, 3.8) is 0 Å². The maximum absolute atomic E-state index is 12.7. The van der Waals surface area contributed by atoms with Gasteiger partial charge in [0.05, 0.1) is 10.9 Å². The van der Waals surface area contributed by atoms with E-state index in [-0.39, 0.29) is 16.0 Å². The quantitative estimate of drug-likeness (QED) is 0.409. The number of aromatic amines is 1. The van der Waals surface area contributed by atoms with Crippen molar-refractivity contribution in [3.05, 3.63) is 70.2 Å². The van der Waals surface area contributed by atoms with Crippen molar-refractivity contribution in [1.29, 1.82) is 0 Å². The molecule has 0 radical (unpaired) electrons. The third kappa shape index (κ3) is 3.32. The number of hydrogen-bond acceptors (Lipinski definition) is 4. The monoisotopic (exact) mass is 353 g/mol. The van der Waals surface area contributed by atoms with Gasteiger partial charge in [-0.05, 0) is 30.3 Å². The van der Waals surface area contributed by atoms with Gasteiger partial charge in [0.2, 0.25) is 5.43 Å². The Kier molecular flexibility index (Phi) is 4.95. The Morgan fingerprint density at radius 1 is 1.00 bits per heavy atom. The lowest BCUT2D eigenvalue weighted by atomic mass is 10.1. The number of rotatable bonds is 2. The molecule has 0 fully saturated rings. The lowest BCUT2D eigenvalue weighted by Crippen LogP contribution is -2.06. The lowest BCUT2D eigenvalue weighted by molar-refractivity contribution is 0.483. The molecule has 0 amide bonds. The van der Waals surface area contributed by atoms with E-state index in [0.717, 1.165) is 0 Å². The molecule has 4 aromatic rings. The summed E-state index contributed by atoms with van der Waals surface area (Å²) in [5.41, 5.74) is 0.856. The number of ether oxygens (including phenoxy) is 1. The van der Waals surface area contributed by atoms with Gasteiger partial charge in [-0.25, -0.2) is 9.97 Å². The van der Waals surface area contributed by atoms with Gasteiger partial charge in [-0.1, -0.05) is 43.6 Å². The van der Waals surface area contributed by atoms with Gasteiger partial charge < -0.3 is 9.72 Å². The first kappa shape index (κ1) is 16.9. The van der Waals surface area contributed by atoms with Crippen LogP contribution in [0.1, 0.15) is 13.8 Å². The first-order valence-corrected chi connectivity index (χ1v) is 8.29. The van der Waals surface area contributed by atoms with Crippen LogP contribution in [0.15, 0.2) is 59.7 Å². The largest absolute Gasteiger partial charge is 0.457 e. The van der Waals surface area contributed by atoms with Crippen LogP contribution in [0.3, 0.4) is 0 Å². The number of halogens is 1. The van der Waals surface area contributed by atoms with Crippen molar-refractivity contribution in [2.45, 2.75) is 13.8 Å². The van der Waals surface area contributed by atoms with Crippen LogP contribution in [-0.4, -0.2) is 15.0 Å². The van der Waals surface area contributed by atoms with Crippen LogP contribution in [0.5, 0.6) is 11.5 Å². The number of hydrogen-bond donors (Lipinski definition) is 1. The summed E-state index contributed by atoms with van der Waals surface area (Å²) in [5, 5.41) is 0.883. The molecule has 0 unspecified atom stereocenters. The zero-order valence-corrected chi connectivity index (χ0v) is 14.5. The second-order valence-corrected chi connectivity index (χ2v) is 5.32. The zero-order valence-electron chi connectivity index (χ0n) is 13.8. The van der Waals surface area contributed by atoms with Crippen LogP contribution in [0.2, 0.25) is 5.15 Å². The molecule has 0 atom stereocenters. The van der Waals surface area contributed by atoms with Crippen molar-refractivity contribution in [1.82, 2.24) is 15.0 Å². The minimum atomic E-state index is -0.224. The summed E-state index contributed by atoms with van der Waals surface area (Å²) in [7, 11) is 0. The van der Waals surface area contributed by atoms with Crippen LogP contribution in [-0.2, 0) is 0 Å². The van der Waals surface area contributed by atoms with E-state index < -0.39 is 0 Å². The molecule has 5 nitrogen and oxygen atoms in total. The highest BCUT2D eigenvalue weighted by molar-refractivity contribution is 6.34. The van der Waals surface area contributed by atoms with Gasteiger partial charge in [-0.2, -0.15) is 0 Å². The van der Waals surface area contributed by atoms with Gasteiger partial charge in [0, 0.05) is 0 Å². The Hall–Kier alpha value is -2.92. The standard InChI is InChI=1S/C17H10ClN3O2.C2H6/c18-16-14-15(22)12-8-11(23-10-4-2-1-3-5-10)6-7-13(12)21-17(14)20-9-19-16;1-2/h1-9H,(H,19,20,21,22);1-2H3. The Balaban J connectivity index is 0.000000880. The summed E-state index contributed by atoms with van der Waals surface area (Å²) < 4.78 is 5.77. The third-order valence-corrected chi connectivity index (χ3v) is 3.78. The normalized spacial score (nSPS) is 10.4. The third-order valence-electron chi connectivity index (χ3n) is 3.50. The number of benzene rings is 2. The predicted molar refractivity (Wildman–Crippen MR) is 101 cm³/mol. The van der Waals surface area contributed by atoms with E-state index in [2.05, 4.69) is 15.0 Å². The molecule has 0 aliphatic rings. The highest BCUT2D eigenvalue weighted by atomic mass is 35.5. The van der Waals surface area contributed by atoms with Crippen LogP contribution in [0.25, 0.3) is 21.9 Å². The van der Waals surface area contributed by atoms with Crippen LogP contribution in [0, 0.1) is 0 Å². The molecule has 0 saturated heterocycles. The van der Waals surface area contributed by atoms with Crippen molar-refractivity contribution in [2.24, 2.45) is 0 Å². The highest BCUT2D eigenvalue weighted by Gasteiger charge is 2.11. The fourth-order valence-corrected chi connectivity index (χ4v) is 2.65. The summed E-state index contributed by atoms with van der Waals surface area (Å²) in [5.74, 6) is 1.27. The molecule has 0 aliphatic heterocycles. The minimum Gasteiger partial charge on any atom is -0.457 e. The summed E-state index contributed by atoms with van der Waals surface area (Å²) >= 11 is 6.03. The molecule has 0 spiro atoms. The van der Waals surface area contributed by atoms with E-state index >= 15 is 0 Å². The predicted octanol–water partition coefficient (Wildman–Crippen LogP) is 4.94. The second-order valence-electron chi connectivity index (χ2n) is 4.96. The summed E-state index contributed by atoms with van der Waals surface area (Å²) in [4.78, 5) is 23.7.